The summed E-state index contributed by atoms with van der Waals surface area (Å²) in [5.74, 6) is 0.220. The fourth-order valence-corrected chi connectivity index (χ4v) is 2.75. The summed E-state index contributed by atoms with van der Waals surface area (Å²) in [4.78, 5) is 27.0. The molecule has 116 valence electrons. The lowest BCUT2D eigenvalue weighted by Gasteiger charge is -2.26. The number of furan rings is 1. The number of hydrogen-bond donors (Lipinski definition) is 3. The Kier molecular flexibility index (Phi) is 4.11. The van der Waals surface area contributed by atoms with Gasteiger partial charge in [-0.05, 0) is 49.9 Å². The minimum Gasteiger partial charge on any atom is -0.463 e. The van der Waals surface area contributed by atoms with E-state index in [0.29, 0.717) is 11.5 Å². The largest absolute Gasteiger partial charge is 0.463 e. The Morgan fingerprint density at radius 1 is 1.23 bits per heavy atom. The van der Waals surface area contributed by atoms with Gasteiger partial charge in [0.25, 0.3) is 11.5 Å². The van der Waals surface area contributed by atoms with Crippen LogP contribution in [-0.4, -0.2) is 23.0 Å². The van der Waals surface area contributed by atoms with Crippen LogP contribution in [0.5, 0.6) is 0 Å². The number of amides is 1. The number of carbonyl (C=O) groups excluding carboxylic acids is 1. The van der Waals surface area contributed by atoms with Crippen LogP contribution in [0.1, 0.15) is 36.0 Å². The Balaban J connectivity index is 1.72. The third-order valence-electron chi connectivity index (χ3n) is 4.05. The maximum atomic E-state index is 12.2. The zero-order chi connectivity index (χ0) is 15.5. The van der Waals surface area contributed by atoms with E-state index in [-0.39, 0.29) is 23.6 Å². The third-order valence-corrected chi connectivity index (χ3v) is 4.05. The summed E-state index contributed by atoms with van der Waals surface area (Å²) in [6.45, 7) is 0. The Morgan fingerprint density at radius 2 is 2.00 bits per heavy atom. The number of hydrogen-bond acceptors (Lipinski definition) is 4. The highest BCUT2D eigenvalue weighted by Crippen LogP contribution is 2.18. The van der Waals surface area contributed by atoms with Gasteiger partial charge in [-0.2, -0.15) is 0 Å². The minimum atomic E-state index is -0.418. The quantitative estimate of drug-likeness (QED) is 0.802. The van der Waals surface area contributed by atoms with Gasteiger partial charge >= 0.3 is 0 Å². The number of aromatic nitrogens is 1. The van der Waals surface area contributed by atoms with Crippen LogP contribution >= 0.6 is 0 Å². The van der Waals surface area contributed by atoms with Gasteiger partial charge in [-0.25, -0.2) is 0 Å². The standard InChI is InChI=1S/C16H19N3O3/c17-10-3-5-11(6-4-10)18-15(20)12-7-8-13(19-16(12)21)14-2-1-9-22-14/h1-2,7-11H,3-6,17H2,(H,18,20)(H,19,21). The average Bonchev–Trinajstić information content (AvgIpc) is 3.03. The lowest BCUT2D eigenvalue weighted by Crippen LogP contribution is -2.41. The first-order valence-corrected chi connectivity index (χ1v) is 7.47. The predicted molar refractivity (Wildman–Crippen MR) is 82.5 cm³/mol. The summed E-state index contributed by atoms with van der Waals surface area (Å²) in [5.41, 5.74) is 6.10. The molecule has 4 N–H and O–H groups in total. The first kappa shape index (κ1) is 14.6. The molecule has 0 atom stereocenters. The van der Waals surface area contributed by atoms with Crippen LogP contribution in [0.25, 0.3) is 11.5 Å². The number of carbonyl (C=O) groups is 1. The van der Waals surface area contributed by atoms with Gasteiger partial charge in [0.05, 0.1) is 12.0 Å². The summed E-state index contributed by atoms with van der Waals surface area (Å²) in [5, 5.41) is 2.91. The Labute approximate surface area is 127 Å². The average molecular weight is 301 g/mol. The van der Waals surface area contributed by atoms with Crippen molar-refractivity contribution in [3.63, 3.8) is 0 Å². The highest BCUT2D eigenvalue weighted by molar-refractivity contribution is 5.94. The molecular formula is C16H19N3O3. The molecule has 2 aromatic heterocycles. The van der Waals surface area contributed by atoms with Crippen molar-refractivity contribution in [2.24, 2.45) is 5.73 Å². The normalized spacial score (nSPS) is 21.5. The SMILES string of the molecule is NC1CCC(NC(=O)c2ccc(-c3ccco3)[nH]c2=O)CC1. The summed E-state index contributed by atoms with van der Waals surface area (Å²) >= 11 is 0. The van der Waals surface area contributed by atoms with Gasteiger partial charge in [0, 0.05) is 12.1 Å². The van der Waals surface area contributed by atoms with Crippen molar-refractivity contribution in [2.45, 2.75) is 37.8 Å². The van der Waals surface area contributed by atoms with Gasteiger partial charge in [0.15, 0.2) is 0 Å². The molecular weight excluding hydrogens is 282 g/mol. The fraction of sp³-hybridized carbons (Fsp3) is 0.375. The summed E-state index contributed by atoms with van der Waals surface area (Å²) in [6.07, 6.45) is 5.05. The molecule has 0 unspecified atom stereocenters. The first-order valence-electron chi connectivity index (χ1n) is 7.47. The molecule has 3 rings (SSSR count). The van der Waals surface area contributed by atoms with Crippen molar-refractivity contribution in [2.75, 3.05) is 0 Å². The number of nitrogens with two attached hydrogens (primary N) is 1. The smallest absolute Gasteiger partial charge is 0.261 e. The van der Waals surface area contributed by atoms with Crippen LogP contribution < -0.4 is 16.6 Å². The molecule has 2 aromatic rings. The summed E-state index contributed by atoms with van der Waals surface area (Å²) < 4.78 is 5.22. The van der Waals surface area contributed by atoms with Crippen molar-refractivity contribution in [1.29, 1.82) is 0 Å². The molecule has 1 saturated carbocycles. The van der Waals surface area contributed by atoms with E-state index >= 15 is 0 Å². The van der Waals surface area contributed by atoms with Crippen molar-refractivity contribution in [3.8, 4) is 11.5 Å². The van der Waals surface area contributed by atoms with Crippen molar-refractivity contribution in [1.82, 2.24) is 10.3 Å². The van der Waals surface area contributed by atoms with E-state index in [4.69, 9.17) is 10.2 Å². The van der Waals surface area contributed by atoms with E-state index in [0.717, 1.165) is 25.7 Å². The van der Waals surface area contributed by atoms with E-state index < -0.39 is 5.56 Å². The van der Waals surface area contributed by atoms with Crippen LogP contribution in [0.15, 0.2) is 39.7 Å². The number of pyridine rings is 1. The van der Waals surface area contributed by atoms with Crippen LogP contribution in [0.3, 0.4) is 0 Å². The van der Waals surface area contributed by atoms with E-state index in [1.807, 2.05) is 0 Å². The second-order valence-corrected chi connectivity index (χ2v) is 5.68. The fourth-order valence-electron chi connectivity index (χ4n) is 2.75. The van der Waals surface area contributed by atoms with Crippen molar-refractivity contribution in [3.05, 3.63) is 46.4 Å². The zero-order valence-corrected chi connectivity index (χ0v) is 12.2. The molecule has 1 amide bonds. The second kappa shape index (κ2) is 6.19. The van der Waals surface area contributed by atoms with Crippen LogP contribution in [-0.2, 0) is 0 Å². The van der Waals surface area contributed by atoms with Gasteiger partial charge in [-0.15, -0.1) is 0 Å². The minimum absolute atomic E-state index is 0.0939. The van der Waals surface area contributed by atoms with Gasteiger partial charge in [-0.3, -0.25) is 9.59 Å². The summed E-state index contributed by atoms with van der Waals surface area (Å²) in [7, 11) is 0. The van der Waals surface area contributed by atoms with E-state index in [9.17, 15) is 9.59 Å². The number of H-pyrrole nitrogens is 1. The van der Waals surface area contributed by atoms with Crippen LogP contribution in [0, 0.1) is 0 Å². The van der Waals surface area contributed by atoms with Gasteiger partial charge < -0.3 is 20.5 Å². The molecule has 0 spiro atoms. The maximum absolute atomic E-state index is 12.2. The van der Waals surface area contributed by atoms with Gasteiger partial charge in [-0.1, -0.05) is 0 Å². The molecule has 0 saturated heterocycles. The first-order chi connectivity index (χ1) is 10.6. The number of nitrogens with one attached hydrogen (secondary N) is 2. The van der Waals surface area contributed by atoms with Crippen molar-refractivity contribution < 1.29 is 9.21 Å². The molecule has 0 aromatic carbocycles. The molecule has 0 bridgehead atoms. The molecule has 1 aliphatic carbocycles. The molecule has 1 aliphatic rings. The number of aromatic amines is 1. The molecule has 2 heterocycles. The molecule has 0 aliphatic heterocycles. The lowest BCUT2D eigenvalue weighted by atomic mass is 9.91. The van der Waals surface area contributed by atoms with Crippen LogP contribution in [0.2, 0.25) is 0 Å². The van der Waals surface area contributed by atoms with E-state index in [2.05, 4.69) is 10.3 Å². The van der Waals surface area contributed by atoms with Crippen LogP contribution in [0.4, 0.5) is 0 Å². The lowest BCUT2D eigenvalue weighted by molar-refractivity contribution is 0.0924. The van der Waals surface area contributed by atoms with Gasteiger partial charge in [0.1, 0.15) is 11.3 Å². The van der Waals surface area contributed by atoms with Gasteiger partial charge in [0.2, 0.25) is 0 Å². The molecule has 6 nitrogen and oxygen atoms in total. The zero-order valence-electron chi connectivity index (χ0n) is 12.2. The summed E-state index contributed by atoms with van der Waals surface area (Å²) in [6, 6.07) is 7.01. The third kappa shape index (κ3) is 3.12. The second-order valence-electron chi connectivity index (χ2n) is 5.68. The molecule has 1 fully saturated rings. The molecule has 0 radical (unpaired) electrons. The maximum Gasteiger partial charge on any atom is 0.261 e. The predicted octanol–water partition coefficient (Wildman–Crippen LogP) is 1.63. The highest BCUT2D eigenvalue weighted by atomic mass is 16.3. The Morgan fingerprint density at radius 3 is 2.64 bits per heavy atom. The molecule has 22 heavy (non-hydrogen) atoms. The highest BCUT2D eigenvalue weighted by Gasteiger charge is 2.21. The Hall–Kier alpha value is -2.34. The number of rotatable bonds is 3. The monoisotopic (exact) mass is 301 g/mol. The Bertz CT molecular complexity index is 698. The topological polar surface area (TPSA) is 101 Å². The van der Waals surface area contributed by atoms with E-state index in [1.165, 1.54) is 12.3 Å². The van der Waals surface area contributed by atoms with E-state index in [1.54, 1.807) is 18.2 Å². The molecule has 6 heteroatoms. The van der Waals surface area contributed by atoms with Crippen molar-refractivity contribution >= 4 is 5.91 Å².